The van der Waals surface area contributed by atoms with E-state index < -0.39 is 74.2 Å². The molecular formula is C18H12BrClF9N3O4. The molecule has 0 saturated carbocycles. The van der Waals surface area contributed by atoms with Gasteiger partial charge in [0.25, 0.3) is 5.56 Å². The summed E-state index contributed by atoms with van der Waals surface area (Å²) in [6.07, 6.45) is -18.5. The Kier molecular flexibility index (Phi) is 8.32. The Bertz CT molecular complexity index is 1230. The fourth-order valence-corrected chi connectivity index (χ4v) is 3.79. The predicted octanol–water partition coefficient (Wildman–Crippen LogP) is 5.54. The van der Waals surface area contributed by atoms with Gasteiger partial charge in [0.2, 0.25) is 12.2 Å². The zero-order valence-corrected chi connectivity index (χ0v) is 20.2. The molecule has 2 aromatic rings. The SMILES string of the molecule is COC(=O)C(OC)N(c1cc(C(F)(F)F)cc(C(F)(F)F)c1Br)c1nc(C(F)(F)F)c(Cl)c(=O)n1C. The number of nitrogens with zero attached hydrogens (tertiary/aromatic N) is 3. The molecule has 0 amide bonds. The van der Waals surface area contributed by atoms with Crippen LogP contribution in [0.1, 0.15) is 16.8 Å². The molecule has 0 N–H and O–H groups in total. The Labute approximate surface area is 208 Å². The van der Waals surface area contributed by atoms with Crippen LogP contribution in [0.25, 0.3) is 0 Å². The lowest BCUT2D eigenvalue weighted by molar-refractivity contribution is -0.151. The summed E-state index contributed by atoms with van der Waals surface area (Å²) in [6.45, 7) is 0. The van der Waals surface area contributed by atoms with Crippen LogP contribution in [0.2, 0.25) is 5.02 Å². The van der Waals surface area contributed by atoms with Gasteiger partial charge in [-0.25, -0.2) is 9.78 Å². The van der Waals surface area contributed by atoms with Crippen molar-refractivity contribution >= 4 is 45.1 Å². The maximum absolute atomic E-state index is 13.6. The molecule has 0 aliphatic heterocycles. The minimum atomic E-state index is -5.41. The molecule has 7 nitrogen and oxygen atoms in total. The van der Waals surface area contributed by atoms with Crippen LogP contribution in [0, 0.1) is 0 Å². The number of benzene rings is 1. The van der Waals surface area contributed by atoms with E-state index in [9.17, 15) is 49.1 Å². The highest BCUT2D eigenvalue weighted by molar-refractivity contribution is 9.10. The zero-order valence-electron chi connectivity index (χ0n) is 17.9. The molecule has 1 atom stereocenters. The molecule has 1 aromatic carbocycles. The van der Waals surface area contributed by atoms with E-state index in [1.807, 2.05) is 0 Å². The molecular weight excluding hydrogens is 609 g/mol. The molecule has 1 unspecified atom stereocenters. The van der Waals surface area contributed by atoms with E-state index in [0.717, 1.165) is 21.3 Å². The second-order valence-corrected chi connectivity index (χ2v) is 7.94. The second-order valence-electron chi connectivity index (χ2n) is 6.77. The maximum atomic E-state index is 13.6. The number of carbonyl (C=O) groups excluding carboxylic acids is 1. The number of rotatable bonds is 5. The maximum Gasteiger partial charge on any atom is 0.435 e. The number of carbonyl (C=O) groups is 1. The fraction of sp³-hybridized carbons (Fsp3) is 0.389. The minimum absolute atomic E-state index is 0.0856. The van der Waals surface area contributed by atoms with Crippen molar-refractivity contribution < 1.29 is 53.8 Å². The molecule has 36 heavy (non-hydrogen) atoms. The Balaban J connectivity index is 3.15. The van der Waals surface area contributed by atoms with Crippen molar-refractivity contribution in [1.82, 2.24) is 9.55 Å². The van der Waals surface area contributed by atoms with Crippen LogP contribution < -0.4 is 10.5 Å². The molecule has 18 heteroatoms. The van der Waals surface area contributed by atoms with Gasteiger partial charge in [-0.3, -0.25) is 14.3 Å². The van der Waals surface area contributed by atoms with E-state index >= 15 is 0 Å². The van der Waals surface area contributed by atoms with Crippen LogP contribution in [0.3, 0.4) is 0 Å². The van der Waals surface area contributed by atoms with Crippen molar-refractivity contribution in [3.63, 3.8) is 0 Å². The smallest absolute Gasteiger partial charge is 0.435 e. The van der Waals surface area contributed by atoms with E-state index in [1.54, 1.807) is 0 Å². The summed E-state index contributed by atoms with van der Waals surface area (Å²) < 4.78 is 130. The summed E-state index contributed by atoms with van der Waals surface area (Å²) >= 11 is 7.95. The number of hydrogen-bond acceptors (Lipinski definition) is 6. The van der Waals surface area contributed by atoms with Gasteiger partial charge in [0.1, 0.15) is 5.02 Å². The summed E-state index contributed by atoms with van der Waals surface area (Å²) in [7, 11) is 2.27. The Morgan fingerprint density at radius 3 is 2.03 bits per heavy atom. The molecule has 1 aromatic heterocycles. The van der Waals surface area contributed by atoms with Crippen molar-refractivity contribution in [2.24, 2.45) is 7.05 Å². The third-order valence-corrected chi connectivity index (χ3v) is 5.68. The lowest BCUT2D eigenvalue weighted by atomic mass is 10.1. The van der Waals surface area contributed by atoms with Gasteiger partial charge in [0.15, 0.2) is 5.69 Å². The van der Waals surface area contributed by atoms with Gasteiger partial charge in [0.05, 0.1) is 28.4 Å². The van der Waals surface area contributed by atoms with E-state index in [1.165, 1.54) is 0 Å². The van der Waals surface area contributed by atoms with Crippen LogP contribution in [0.5, 0.6) is 0 Å². The second kappa shape index (κ2) is 10.1. The number of esters is 1. The number of methoxy groups -OCH3 is 2. The highest BCUT2D eigenvalue weighted by atomic mass is 79.9. The lowest BCUT2D eigenvalue weighted by Crippen LogP contribution is -2.44. The number of ether oxygens (including phenoxy) is 2. The third kappa shape index (κ3) is 5.72. The van der Waals surface area contributed by atoms with Crippen LogP contribution in [0.4, 0.5) is 51.1 Å². The van der Waals surface area contributed by atoms with Crippen molar-refractivity contribution in [2.75, 3.05) is 19.1 Å². The lowest BCUT2D eigenvalue weighted by Gasteiger charge is -2.33. The number of hydrogen-bond donors (Lipinski definition) is 0. The van der Waals surface area contributed by atoms with Gasteiger partial charge >= 0.3 is 24.5 Å². The number of halogens is 11. The molecule has 0 aliphatic carbocycles. The van der Waals surface area contributed by atoms with Crippen molar-refractivity contribution in [3.8, 4) is 0 Å². The molecule has 0 radical (unpaired) electrons. The summed E-state index contributed by atoms with van der Waals surface area (Å²) in [6, 6.07) is -0.177. The molecule has 1 heterocycles. The van der Waals surface area contributed by atoms with E-state index in [-0.39, 0.29) is 21.6 Å². The largest absolute Gasteiger partial charge is 0.466 e. The minimum Gasteiger partial charge on any atom is -0.466 e. The van der Waals surface area contributed by atoms with Crippen molar-refractivity contribution in [2.45, 2.75) is 24.8 Å². The first-order valence-corrected chi connectivity index (χ1v) is 10.2. The topological polar surface area (TPSA) is 73.7 Å². The van der Waals surface area contributed by atoms with Crippen LogP contribution in [-0.4, -0.2) is 36.0 Å². The van der Waals surface area contributed by atoms with Crippen LogP contribution >= 0.6 is 27.5 Å². The monoisotopic (exact) mass is 619 g/mol. The first-order chi connectivity index (χ1) is 16.3. The normalized spacial score (nSPS) is 13.5. The fourth-order valence-electron chi connectivity index (χ4n) is 2.87. The third-order valence-electron chi connectivity index (χ3n) is 4.50. The van der Waals surface area contributed by atoms with Crippen molar-refractivity contribution in [1.29, 1.82) is 0 Å². The van der Waals surface area contributed by atoms with Crippen LogP contribution in [0.15, 0.2) is 21.4 Å². The quantitative estimate of drug-likeness (QED) is 0.249. The van der Waals surface area contributed by atoms with Crippen LogP contribution in [-0.2, 0) is 39.8 Å². The molecule has 0 spiro atoms. The molecule has 200 valence electrons. The number of alkyl halides is 9. The van der Waals surface area contributed by atoms with Gasteiger partial charge in [-0.15, -0.1) is 0 Å². The molecule has 0 saturated heterocycles. The first kappa shape index (κ1) is 29.7. The number of anilines is 2. The van der Waals surface area contributed by atoms with E-state index in [2.05, 4.69) is 25.7 Å². The van der Waals surface area contributed by atoms with Gasteiger partial charge in [-0.1, -0.05) is 11.6 Å². The molecule has 2 rings (SSSR count). The average molecular weight is 621 g/mol. The van der Waals surface area contributed by atoms with Gasteiger partial charge in [0, 0.05) is 14.2 Å². The van der Waals surface area contributed by atoms with E-state index in [4.69, 9.17) is 16.3 Å². The Morgan fingerprint density at radius 2 is 1.61 bits per heavy atom. The summed E-state index contributed by atoms with van der Waals surface area (Å²) in [5.74, 6) is -2.73. The molecule has 0 bridgehead atoms. The Morgan fingerprint density at radius 1 is 1.06 bits per heavy atom. The predicted molar refractivity (Wildman–Crippen MR) is 109 cm³/mol. The highest BCUT2D eigenvalue weighted by Crippen LogP contribution is 2.46. The summed E-state index contributed by atoms with van der Waals surface area (Å²) in [5.41, 5.74) is -8.60. The first-order valence-electron chi connectivity index (χ1n) is 8.98. The van der Waals surface area contributed by atoms with Crippen molar-refractivity contribution in [3.05, 3.63) is 48.8 Å². The van der Waals surface area contributed by atoms with Gasteiger partial charge < -0.3 is 9.47 Å². The zero-order chi connectivity index (χ0) is 28.0. The summed E-state index contributed by atoms with van der Waals surface area (Å²) in [4.78, 5) is 28.0. The Hall–Kier alpha value is -2.53. The average Bonchev–Trinajstić information content (AvgIpc) is 2.74. The van der Waals surface area contributed by atoms with Gasteiger partial charge in [-0.05, 0) is 28.1 Å². The summed E-state index contributed by atoms with van der Waals surface area (Å²) in [5, 5.41) is -1.44. The van der Waals surface area contributed by atoms with Gasteiger partial charge in [-0.2, -0.15) is 39.5 Å². The highest BCUT2D eigenvalue weighted by Gasteiger charge is 2.44. The van der Waals surface area contributed by atoms with E-state index in [0.29, 0.717) is 0 Å². The number of aromatic nitrogens is 2. The molecule has 0 aliphatic rings. The molecule has 0 fully saturated rings. The standard InChI is InChI=1S/C18H12BrClF9N3O4/c1-31-12(33)10(20)11(18(27,28)29)30-15(31)32(13(35-2)14(34)36-3)8-5-6(16(21,22)23)4-7(9(8)19)17(24,25)26/h4-5,13H,1-3H3.